The highest BCUT2D eigenvalue weighted by Gasteiger charge is 2.22. The fourth-order valence-electron chi connectivity index (χ4n) is 11.2. The van der Waals surface area contributed by atoms with Crippen molar-refractivity contribution in [2.75, 3.05) is 47.5 Å². The van der Waals surface area contributed by atoms with Crippen LogP contribution in [0, 0.1) is 0 Å². The molecular formula is C78H146NO8P. The number of unbranched alkanes of at least 4 members (excludes halogenated alkanes) is 47. The van der Waals surface area contributed by atoms with Gasteiger partial charge in [0.25, 0.3) is 7.82 Å². The van der Waals surface area contributed by atoms with Gasteiger partial charge in [0.05, 0.1) is 27.7 Å². The lowest BCUT2D eigenvalue weighted by Crippen LogP contribution is -2.37. The maximum absolute atomic E-state index is 12.9. The van der Waals surface area contributed by atoms with Gasteiger partial charge in [0, 0.05) is 12.8 Å². The summed E-state index contributed by atoms with van der Waals surface area (Å²) in [4.78, 5) is 38.1. The number of hydrogen-bond donors (Lipinski definition) is 0. The average Bonchev–Trinajstić information content (AvgIpc) is 3.68. The lowest BCUT2D eigenvalue weighted by atomic mass is 10.0. The number of allylic oxidation sites excluding steroid dienone is 10. The number of phosphoric acid groups is 1. The molecule has 0 saturated heterocycles. The fourth-order valence-corrected chi connectivity index (χ4v) is 11.9. The molecule has 0 fully saturated rings. The quantitative estimate of drug-likeness (QED) is 0.0195. The number of likely N-dealkylation sites (N-methyl/N-ethyl adjacent to an activating group) is 1. The summed E-state index contributed by atoms with van der Waals surface area (Å²) in [7, 11) is 1.18. The van der Waals surface area contributed by atoms with Crippen LogP contribution >= 0.6 is 7.82 Å². The molecule has 0 amide bonds. The van der Waals surface area contributed by atoms with Gasteiger partial charge in [-0.3, -0.25) is 14.2 Å². The summed E-state index contributed by atoms with van der Waals surface area (Å²) in [5.74, 6) is -0.816. The Morgan fingerprint density at radius 1 is 0.352 bits per heavy atom. The van der Waals surface area contributed by atoms with Crippen LogP contribution < -0.4 is 4.89 Å². The zero-order valence-corrected chi connectivity index (χ0v) is 59.8. The van der Waals surface area contributed by atoms with Crippen LogP contribution in [0.1, 0.15) is 373 Å². The van der Waals surface area contributed by atoms with Gasteiger partial charge in [0.1, 0.15) is 19.8 Å². The number of rotatable bonds is 71. The largest absolute Gasteiger partial charge is 0.756 e. The number of esters is 2. The second kappa shape index (κ2) is 69.1. The second-order valence-corrected chi connectivity index (χ2v) is 28.4. The van der Waals surface area contributed by atoms with E-state index >= 15 is 0 Å². The fraction of sp³-hybridized carbons (Fsp3) is 0.846. The number of hydrogen-bond acceptors (Lipinski definition) is 8. The maximum atomic E-state index is 12.9. The minimum atomic E-state index is -4.64. The molecule has 0 heterocycles. The van der Waals surface area contributed by atoms with E-state index in [-0.39, 0.29) is 32.0 Å². The van der Waals surface area contributed by atoms with E-state index in [4.69, 9.17) is 18.5 Å². The molecule has 0 rings (SSSR count). The van der Waals surface area contributed by atoms with Gasteiger partial charge in [0.15, 0.2) is 6.10 Å². The minimum absolute atomic E-state index is 0.0295. The summed E-state index contributed by atoms with van der Waals surface area (Å²) >= 11 is 0. The van der Waals surface area contributed by atoms with E-state index in [1.54, 1.807) is 0 Å². The topological polar surface area (TPSA) is 111 Å². The van der Waals surface area contributed by atoms with Crippen LogP contribution in [0.25, 0.3) is 0 Å². The van der Waals surface area contributed by atoms with Gasteiger partial charge in [-0.05, 0) is 83.5 Å². The average molecular weight is 1260 g/mol. The van der Waals surface area contributed by atoms with Crippen LogP contribution in [0.2, 0.25) is 0 Å². The third-order valence-corrected chi connectivity index (χ3v) is 18.0. The molecule has 0 aromatic rings. The predicted molar refractivity (Wildman–Crippen MR) is 379 cm³/mol. The van der Waals surface area contributed by atoms with E-state index in [1.807, 2.05) is 21.1 Å². The van der Waals surface area contributed by atoms with E-state index < -0.39 is 26.5 Å². The molecule has 0 aromatic heterocycles. The van der Waals surface area contributed by atoms with Crippen LogP contribution in [-0.4, -0.2) is 70.0 Å². The molecule has 0 radical (unpaired) electrons. The highest BCUT2D eigenvalue weighted by atomic mass is 31.2. The maximum Gasteiger partial charge on any atom is 0.306 e. The normalized spacial score (nSPS) is 13.4. The van der Waals surface area contributed by atoms with Crippen molar-refractivity contribution in [1.82, 2.24) is 0 Å². The van der Waals surface area contributed by atoms with Crippen molar-refractivity contribution in [3.05, 3.63) is 60.8 Å². The molecule has 0 aliphatic rings. The van der Waals surface area contributed by atoms with E-state index in [1.165, 1.54) is 289 Å². The molecule has 0 aliphatic heterocycles. The van der Waals surface area contributed by atoms with E-state index in [9.17, 15) is 19.0 Å². The van der Waals surface area contributed by atoms with Gasteiger partial charge >= 0.3 is 11.9 Å². The summed E-state index contributed by atoms with van der Waals surface area (Å²) in [5.41, 5.74) is 0. The molecule has 0 bridgehead atoms. The van der Waals surface area contributed by atoms with E-state index in [0.717, 1.165) is 51.4 Å². The Bertz CT molecular complexity index is 1670. The Hall–Kier alpha value is -2.29. The molecule has 2 atom stereocenters. The number of carbonyl (C=O) groups excluding carboxylic acids is 2. The van der Waals surface area contributed by atoms with Crippen molar-refractivity contribution in [3.8, 4) is 0 Å². The van der Waals surface area contributed by atoms with Crippen LogP contribution in [0.4, 0.5) is 0 Å². The highest BCUT2D eigenvalue weighted by molar-refractivity contribution is 7.45. The van der Waals surface area contributed by atoms with Gasteiger partial charge in [-0.2, -0.15) is 0 Å². The Kier molecular flexibility index (Phi) is 67.3. The SMILES string of the molecule is CCCCCCC/C=C\C/C=C\C/C=C\CCCCCCCCCCCCCCCCCCCCCCCCCCC(=O)OC(COC(=O)CCCCCCCCCCCCCCC/C=C\C/C=C\CCCCCCC)COP(=O)([O-])OCC[N+](C)(C)C. The molecule has 0 saturated carbocycles. The zero-order chi connectivity index (χ0) is 64.1. The van der Waals surface area contributed by atoms with Gasteiger partial charge < -0.3 is 27.9 Å². The molecule has 0 N–H and O–H groups in total. The number of ether oxygens (including phenoxy) is 2. The zero-order valence-electron chi connectivity index (χ0n) is 58.9. The first-order valence-corrected chi connectivity index (χ1v) is 39.5. The number of quaternary nitrogens is 1. The Balaban J connectivity index is 3.93. The number of phosphoric ester groups is 1. The molecule has 2 unspecified atom stereocenters. The predicted octanol–water partition coefficient (Wildman–Crippen LogP) is 24.3. The van der Waals surface area contributed by atoms with Crippen molar-refractivity contribution < 1.29 is 42.1 Å². The Morgan fingerprint density at radius 3 is 0.909 bits per heavy atom. The molecular weight excluding hydrogens is 1110 g/mol. The summed E-state index contributed by atoms with van der Waals surface area (Å²) in [5, 5.41) is 0. The molecule has 0 aliphatic carbocycles. The first-order chi connectivity index (χ1) is 43.0. The van der Waals surface area contributed by atoms with Gasteiger partial charge in [-0.15, -0.1) is 0 Å². The standard InChI is InChI=1S/C78H146NO8P/c1-6-8-10-12-14-16-18-20-22-24-26-28-30-32-33-34-35-36-37-38-39-40-41-42-43-44-45-47-49-51-53-55-57-59-61-63-65-67-69-71-78(81)87-76(75-86-88(82,83)85-73-72-79(3,4)5)74-84-77(80)70-68-66-64-62-60-58-56-54-52-50-48-46-31-29-27-25-23-21-19-17-15-13-11-9-7-2/h18-21,24-27,30,32,76H,6-17,22-23,28-29,31,33-75H2,1-5H3/b20-18-,21-19-,26-24-,27-25-,32-30-. The Labute approximate surface area is 546 Å². The van der Waals surface area contributed by atoms with Crippen molar-refractivity contribution in [2.45, 2.75) is 380 Å². The van der Waals surface area contributed by atoms with Crippen LogP contribution in [0.15, 0.2) is 60.8 Å². The monoisotopic (exact) mass is 1260 g/mol. The molecule has 88 heavy (non-hydrogen) atoms. The minimum Gasteiger partial charge on any atom is -0.756 e. The highest BCUT2D eigenvalue weighted by Crippen LogP contribution is 2.38. The van der Waals surface area contributed by atoms with Crippen molar-refractivity contribution in [2.24, 2.45) is 0 Å². The van der Waals surface area contributed by atoms with Crippen LogP contribution in [-0.2, 0) is 32.7 Å². The molecule has 10 heteroatoms. The summed E-state index contributed by atoms with van der Waals surface area (Å²) in [6.45, 7) is 4.28. The summed E-state index contributed by atoms with van der Waals surface area (Å²) in [6, 6.07) is 0. The van der Waals surface area contributed by atoms with E-state index in [0.29, 0.717) is 17.4 Å². The summed E-state index contributed by atoms with van der Waals surface area (Å²) in [6.07, 6.45) is 91.9. The number of nitrogens with zero attached hydrogens (tertiary/aromatic N) is 1. The van der Waals surface area contributed by atoms with Gasteiger partial charge in [-0.25, -0.2) is 0 Å². The first kappa shape index (κ1) is 85.7. The van der Waals surface area contributed by atoms with Crippen LogP contribution in [0.5, 0.6) is 0 Å². The molecule has 0 aromatic carbocycles. The summed E-state index contributed by atoms with van der Waals surface area (Å²) < 4.78 is 34.4. The van der Waals surface area contributed by atoms with Crippen molar-refractivity contribution in [1.29, 1.82) is 0 Å². The molecule has 516 valence electrons. The third-order valence-electron chi connectivity index (χ3n) is 17.0. The Morgan fingerprint density at radius 2 is 0.614 bits per heavy atom. The second-order valence-electron chi connectivity index (χ2n) is 27.0. The van der Waals surface area contributed by atoms with Gasteiger partial charge in [0.2, 0.25) is 0 Å². The number of carbonyl (C=O) groups is 2. The lowest BCUT2D eigenvalue weighted by molar-refractivity contribution is -0.870. The van der Waals surface area contributed by atoms with Crippen molar-refractivity contribution >= 4 is 19.8 Å². The molecule has 9 nitrogen and oxygen atoms in total. The van der Waals surface area contributed by atoms with Crippen molar-refractivity contribution in [3.63, 3.8) is 0 Å². The third kappa shape index (κ3) is 72.8. The lowest BCUT2D eigenvalue weighted by Gasteiger charge is -2.28. The van der Waals surface area contributed by atoms with Crippen LogP contribution in [0.3, 0.4) is 0 Å². The molecule has 0 spiro atoms. The van der Waals surface area contributed by atoms with E-state index in [2.05, 4.69) is 74.6 Å². The smallest absolute Gasteiger partial charge is 0.306 e. The van der Waals surface area contributed by atoms with Gasteiger partial charge in [-0.1, -0.05) is 338 Å². The first-order valence-electron chi connectivity index (χ1n) is 38.0.